The van der Waals surface area contributed by atoms with Crippen LogP contribution in [0.5, 0.6) is 0 Å². The normalized spacial score (nSPS) is 12.3. The van der Waals surface area contributed by atoms with E-state index in [-0.39, 0.29) is 6.54 Å². The number of tetrazole rings is 1. The van der Waals surface area contributed by atoms with Crippen LogP contribution in [0.1, 0.15) is 29.7 Å². The van der Waals surface area contributed by atoms with Crippen molar-refractivity contribution in [3.8, 4) is 0 Å². The summed E-state index contributed by atoms with van der Waals surface area (Å²) in [5.74, 6) is -1.08. The van der Waals surface area contributed by atoms with Crippen molar-refractivity contribution in [2.24, 2.45) is 5.92 Å². The summed E-state index contributed by atoms with van der Waals surface area (Å²) in [4.78, 5) is 27.0. The Bertz CT molecular complexity index is 707. The number of aromatic nitrogens is 6. The lowest BCUT2D eigenvalue weighted by molar-refractivity contribution is -0.141. The molecule has 1 atom stereocenters. The van der Waals surface area contributed by atoms with Crippen molar-refractivity contribution >= 4 is 5.97 Å². The quantitative estimate of drug-likeness (QED) is 0.773. The maximum absolute atomic E-state index is 12.0. The highest BCUT2D eigenvalue weighted by molar-refractivity contribution is 5.70. The molecule has 21 heavy (non-hydrogen) atoms. The van der Waals surface area contributed by atoms with Gasteiger partial charge in [0.05, 0.1) is 12.5 Å². The Kier molecular flexibility index (Phi) is 4.10. The second-order valence-electron chi connectivity index (χ2n) is 4.90. The summed E-state index contributed by atoms with van der Waals surface area (Å²) in [7, 11) is 0. The van der Waals surface area contributed by atoms with Gasteiger partial charge in [0.15, 0.2) is 5.82 Å². The van der Waals surface area contributed by atoms with Gasteiger partial charge in [0.2, 0.25) is 0 Å². The standard InChI is InChI=1S/C12H16N6O3/c1-6(11(19)20)4-9-7(2)13-12(21)18(8(9)3)5-10-14-16-17-15-10/h6H,4-5H2,1-3H3,(H,19,20)(H,14,15,16,17). The lowest BCUT2D eigenvalue weighted by Gasteiger charge is -2.16. The van der Waals surface area contributed by atoms with Crippen LogP contribution in [-0.2, 0) is 17.8 Å². The number of nitrogens with zero attached hydrogens (tertiary/aromatic N) is 5. The number of H-pyrrole nitrogens is 1. The summed E-state index contributed by atoms with van der Waals surface area (Å²) in [5.41, 5.74) is 1.56. The van der Waals surface area contributed by atoms with Gasteiger partial charge in [-0.3, -0.25) is 9.36 Å². The predicted octanol–water partition coefficient (Wildman–Crippen LogP) is -0.315. The summed E-state index contributed by atoms with van der Waals surface area (Å²) in [6, 6.07) is 0. The smallest absolute Gasteiger partial charge is 0.348 e. The first-order valence-electron chi connectivity index (χ1n) is 6.42. The molecule has 0 aliphatic carbocycles. The number of aliphatic carboxylic acids is 1. The van der Waals surface area contributed by atoms with Gasteiger partial charge in [0.25, 0.3) is 0 Å². The number of nitrogens with one attached hydrogen (secondary N) is 1. The molecule has 112 valence electrons. The van der Waals surface area contributed by atoms with E-state index in [0.717, 1.165) is 5.56 Å². The van der Waals surface area contributed by atoms with Crippen LogP contribution < -0.4 is 5.69 Å². The van der Waals surface area contributed by atoms with E-state index in [0.29, 0.717) is 23.6 Å². The summed E-state index contributed by atoms with van der Waals surface area (Å²) >= 11 is 0. The average molecular weight is 292 g/mol. The van der Waals surface area contributed by atoms with E-state index in [1.807, 2.05) is 0 Å². The fourth-order valence-corrected chi connectivity index (χ4v) is 2.11. The maximum Gasteiger partial charge on any atom is 0.348 e. The Morgan fingerprint density at radius 2 is 2.14 bits per heavy atom. The van der Waals surface area contributed by atoms with Gasteiger partial charge < -0.3 is 5.11 Å². The van der Waals surface area contributed by atoms with Gasteiger partial charge in [-0.1, -0.05) is 12.1 Å². The van der Waals surface area contributed by atoms with E-state index < -0.39 is 17.6 Å². The molecule has 0 bridgehead atoms. The van der Waals surface area contributed by atoms with Gasteiger partial charge >= 0.3 is 11.7 Å². The van der Waals surface area contributed by atoms with Crippen molar-refractivity contribution in [2.75, 3.05) is 0 Å². The molecule has 1 unspecified atom stereocenters. The second kappa shape index (κ2) is 5.81. The third-order valence-electron chi connectivity index (χ3n) is 3.39. The van der Waals surface area contributed by atoms with E-state index in [4.69, 9.17) is 5.11 Å². The van der Waals surface area contributed by atoms with Crippen molar-refractivity contribution < 1.29 is 9.90 Å². The Hall–Kier alpha value is -2.58. The SMILES string of the molecule is Cc1nc(=O)n(Cc2nn[nH]n2)c(C)c1CC(C)C(=O)O. The van der Waals surface area contributed by atoms with Crippen LogP contribution in [-0.4, -0.2) is 41.3 Å². The molecule has 2 rings (SSSR count). The Labute approximate surface area is 120 Å². The van der Waals surface area contributed by atoms with Crippen molar-refractivity contribution in [2.45, 2.75) is 33.7 Å². The molecular weight excluding hydrogens is 276 g/mol. The fraction of sp³-hybridized carbons (Fsp3) is 0.500. The van der Waals surface area contributed by atoms with Gasteiger partial charge in [-0.2, -0.15) is 10.2 Å². The first kappa shape index (κ1) is 14.8. The first-order chi connectivity index (χ1) is 9.90. The van der Waals surface area contributed by atoms with Crippen molar-refractivity contribution in [1.29, 1.82) is 0 Å². The van der Waals surface area contributed by atoms with Gasteiger partial charge in [0, 0.05) is 11.4 Å². The van der Waals surface area contributed by atoms with Gasteiger partial charge in [0.1, 0.15) is 0 Å². The summed E-state index contributed by atoms with van der Waals surface area (Å²) < 4.78 is 1.42. The minimum atomic E-state index is -0.885. The number of rotatable bonds is 5. The van der Waals surface area contributed by atoms with Crippen molar-refractivity contribution in [3.63, 3.8) is 0 Å². The minimum Gasteiger partial charge on any atom is -0.481 e. The second-order valence-corrected chi connectivity index (χ2v) is 4.90. The number of hydrogen-bond donors (Lipinski definition) is 2. The average Bonchev–Trinajstić information content (AvgIpc) is 2.92. The predicted molar refractivity (Wildman–Crippen MR) is 71.8 cm³/mol. The number of aromatic amines is 1. The first-order valence-corrected chi connectivity index (χ1v) is 6.42. The number of carbonyl (C=O) groups is 1. The highest BCUT2D eigenvalue weighted by Crippen LogP contribution is 2.15. The zero-order chi connectivity index (χ0) is 15.6. The van der Waals surface area contributed by atoms with Crippen LogP contribution >= 0.6 is 0 Å². The topological polar surface area (TPSA) is 127 Å². The van der Waals surface area contributed by atoms with Crippen molar-refractivity contribution in [3.05, 3.63) is 33.3 Å². The molecule has 2 N–H and O–H groups in total. The number of hydrogen-bond acceptors (Lipinski definition) is 6. The zero-order valence-corrected chi connectivity index (χ0v) is 12.0. The lowest BCUT2D eigenvalue weighted by atomic mass is 9.99. The molecule has 0 radical (unpaired) electrons. The van der Waals surface area contributed by atoms with Crippen LogP contribution in [0.4, 0.5) is 0 Å². The third-order valence-corrected chi connectivity index (χ3v) is 3.39. The van der Waals surface area contributed by atoms with E-state index in [9.17, 15) is 9.59 Å². The Balaban J connectivity index is 2.42. The molecule has 0 fully saturated rings. The van der Waals surface area contributed by atoms with E-state index in [2.05, 4.69) is 25.6 Å². The van der Waals surface area contributed by atoms with Crippen LogP contribution in [0.25, 0.3) is 0 Å². The van der Waals surface area contributed by atoms with E-state index in [1.165, 1.54) is 4.57 Å². The molecule has 9 heteroatoms. The summed E-state index contributed by atoms with van der Waals surface area (Å²) in [6.07, 6.45) is 0.312. The summed E-state index contributed by atoms with van der Waals surface area (Å²) in [6.45, 7) is 5.23. The highest BCUT2D eigenvalue weighted by Gasteiger charge is 2.18. The maximum atomic E-state index is 12.0. The molecule has 0 aromatic carbocycles. The van der Waals surface area contributed by atoms with Crippen LogP contribution in [0.3, 0.4) is 0 Å². The molecule has 0 saturated heterocycles. The number of aryl methyl sites for hydroxylation is 1. The molecule has 2 aromatic rings. The van der Waals surface area contributed by atoms with E-state index in [1.54, 1.807) is 20.8 Å². The fourth-order valence-electron chi connectivity index (χ4n) is 2.11. The molecule has 0 aliphatic heterocycles. The highest BCUT2D eigenvalue weighted by atomic mass is 16.4. The number of carboxylic acids is 1. The zero-order valence-electron chi connectivity index (χ0n) is 12.0. The lowest BCUT2D eigenvalue weighted by Crippen LogP contribution is -2.29. The monoisotopic (exact) mass is 292 g/mol. The molecule has 9 nitrogen and oxygen atoms in total. The van der Waals surface area contributed by atoms with Crippen LogP contribution in [0.2, 0.25) is 0 Å². The summed E-state index contributed by atoms with van der Waals surface area (Å²) in [5, 5.41) is 22.4. The Morgan fingerprint density at radius 3 is 2.71 bits per heavy atom. The molecular formula is C12H16N6O3. The molecule has 0 spiro atoms. The molecule has 2 heterocycles. The molecule has 2 aromatic heterocycles. The Morgan fingerprint density at radius 1 is 1.43 bits per heavy atom. The van der Waals surface area contributed by atoms with Crippen LogP contribution in [0.15, 0.2) is 4.79 Å². The number of carboxylic acid groups (broad SMARTS) is 1. The van der Waals surface area contributed by atoms with Crippen LogP contribution in [0, 0.1) is 19.8 Å². The molecule has 0 aliphatic rings. The van der Waals surface area contributed by atoms with Crippen molar-refractivity contribution in [1.82, 2.24) is 30.2 Å². The van der Waals surface area contributed by atoms with Gasteiger partial charge in [-0.25, -0.2) is 4.79 Å². The van der Waals surface area contributed by atoms with Gasteiger partial charge in [-0.15, -0.1) is 10.2 Å². The molecule has 0 amide bonds. The van der Waals surface area contributed by atoms with Gasteiger partial charge in [-0.05, 0) is 25.8 Å². The third kappa shape index (κ3) is 3.12. The minimum absolute atomic E-state index is 0.142. The largest absolute Gasteiger partial charge is 0.481 e. The molecule has 0 saturated carbocycles. The van der Waals surface area contributed by atoms with E-state index >= 15 is 0 Å².